The van der Waals surface area contributed by atoms with Gasteiger partial charge in [0.1, 0.15) is 23.6 Å². The number of imidazole rings is 1. The molecule has 0 aliphatic heterocycles. The number of benzene rings is 1. The summed E-state index contributed by atoms with van der Waals surface area (Å²) < 4.78 is 8.17. The highest BCUT2D eigenvalue weighted by Crippen LogP contribution is 2.24. The first kappa shape index (κ1) is 13.6. The van der Waals surface area contributed by atoms with Crippen molar-refractivity contribution in [1.29, 1.82) is 0 Å². The van der Waals surface area contributed by atoms with Gasteiger partial charge in [-0.2, -0.15) is 0 Å². The number of carbonyl (C=O) groups is 1. The number of carboxylic acid groups (broad SMARTS) is 1. The molecule has 1 N–H and O–H groups in total. The zero-order chi connectivity index (χ0) is 14.8. The van der Waals surface area contributed by atoms with E-state index in [1.54, 1.807) is 12.1 Å². The number of nitrogens with zero attached hydrogens (tertiary/aromatic N) is 2. The Bertz CT molecular complexity index is 781. The van der Waals surface area contributed by atoms with Crippen molar-refractivity contribution in [2.45, 2.75) is 6.61 Å². The van der Waals surface area contributed by atoms with Gasteiger partial charge in [0.2, 0.25) is 0 Å². The Balaban J connectivity index is 1.83. The first-order valence-electron chi connectivity index (χ1n) is 6.22. The van der Waals surface area contributed by atoms with Crippen LogP contribution >= 0.6 is 15.9 Å². The smallest absolute Gasteiger partial charge is 0.339 e. The molecule has 0 saturated carbocycles. The molecule has 0 amide bonds. The summed E-state index contributed by atoms with van der Waals surface area (Å²) in [7, 11) is 0. The zero-order valence-corrected chi connectivity index (χ0v) is 12.4. The molecule has 1 aromatic carbocycles. The minimum atomic E-state index is -1.03. The highest BCUT2D eigenvalue weighted by atomic mass is 79.9. The van der Waals surface area contributed by atoms with E-state index in [4.69, 9.17) is 4.74 Å². The van der Waals surface area contributed by atoms with Crippen molar-refractivity contribution in [3.8, 4) is 5.75 Å². The van der Waals surface area contributed by atoms with Crippen molar-refractivity contribution >= 4 is 27.5 Å². The van der Waals surface area contributed by atoms with Crippen LogP contribution in [0.4, 0.5) is 0 Å². The molecule has 0 atom stereocenters. The average Bonchev–Trinajstić information content (AvgIpc) is 2.88. The van der Waals surface area contributed by atoms with Crippen LogP contribution in [0.15, 0.2) is 53.3 Å². The lowest BCUT2D eigenvalue weighted by atomic mass is 10.2. The summed E-state index contributed by atoms with van der Waals surface area (Å²) >= 11 is 3.25. The van der Waals surface area contributed by atoms with Crippen molar-refractivity contribution in [3.05, 3.63) is 64.5 Å². The molecule has 21 heavy (non-hydrogen) atoms. The van der Waals surface area contributed by atoms with Crippen LogP contribution in [0.2, 0.25) is 0 Å². The van der Waals surface area contributed by atoms with Gasteiger partial charge < -0.3 is 14.2 Å². The fraction of sp³-hybridized carbons (Fsp3) is 0.0667. The standard InChI is InChI=1S/C15H11BrN2O3/c16-10-4-5-13(12(7-10)15(19)20)21-9-11-8-18-6-2-1-3-14(18)17-11/h1-8H,9H2,(H,19,20). The number of fused-ring (bicyclic) bond motifs is 1. The number of rotatable bonds is 4. The van der Waals surface area contributed by atoms with Gasteiger partial charge in [-0.25, -0.2) is 9.78 Å². The quantitative estimate of drug-likeness (QED) is 0.786. The third-order valence-electron chi connectivity index (χ3n) is 2.96. The first-order chi connectivity index (χ1) is 10.1. The van der Waals surface area contributed by atoms with Crippen molar-refractivity contribution in [2.75, 3.05) is 0 Å². The minimum Gasteiger partial charge on any atom is -0.486 e. The second kappa shape index (κ2) is 5.57. The van der Waals surface area contributed by atoms with E-state index in [0.717, 1.165) is 11.3 Å². The SMILES string of the molecule is O=C(O)c1cc(Br)ccc1OCc1cn2ccccc2n1. The third-order valence-corrected chi connectivity index (χ3v) is 3.45. The molecule has 2 heterocycles. The van der Waals surface area contributed by atoms with Crippen molar-refractivity contribution in [3.63, 3.8) is 0 Å². The maximum Gasteiger partial charge on any atom is 0.339 e. The van der Waals surface area contributed by atoms with Gasteiger partial charge in [-0.3, -0.25) is 0 Å². The molecule has 6 heteroatoms. The van der Waals surface area contributed by atoms with E-state index in [2.05, 4.69) is 20.9 Å². The number of carboxylic acids is 1. The molecular formula is C15H11BrN2O3. The molecule has 0 aliphatic rings. The van der Waals surface area contributed by atoms with Gasteiger partial charge >= 0.3 is 5.97 Å². The van der Waals surface area contributed by atoms with Crippen LogP contribution in [0.3, 0.4) is 0 Å². The van der Waals surface area contributed by atoms with Gasteiger partial charge in [0, 0.05) is 16.9 Å². The van der Waals surface area contributed by atoms with E-state index in [1.165, 1.54) is 6.07 Å². The van der Waals surface area contributed by atoms with Gasteiger partial charge in [-0.1, -0.05) is 22.0 Å². The number of hydrogen-bond donors (Lipinski definition) is 1. The Morgan fingerprint density at radius 3 is 2.95 bits per heavy atom. The van der Waals surface area contributed by atoms with Crippen molar-refractivity contribution < 1.29 is 14.6 Å². The summed E-state index contributed by atoms with van der Waals surface area (Å²) in [5, 5.41) is 9.18. The lowest BCUT2D eigenvalue weighted by molar-refractivity contribution is 0.0691. The molecule has 3 rings (SSSR count). The minimum absolute atomic E-state index is 0.119. The van der Waals surface area contributed by atoms with E-state index in [-0.39, 0.29) is 12.2 Å². The Labute approximate surface area is 128 Å². The molecular weight excluding hydrogens is 336 g/mol. The molecule has 106 valence electrons. The normalized spacial score (nSPS) is 10.7. The number of aromatic carboxylic acids is 1. The fourth-order valence-electron chi connectivity index (χ4n) is 2.00. The largest absolute Gasteiger partial charge is 0.486 e. The third kappa shape index (κ3) is 2.90. The molecule has 5 nitrogen and oxygen atoms in total. The van der Waals surface area contributed by atoms with Gasteiger partial charge in [0.25, 0.3) is 0 Å². The van der Waals surface area contributed by atoms with E-state index < -0.39 is 5.97 Å². The number of ether oxygens (including phenoxy) is 1. The molecule has 0 radical (unpaired) electrons. The Kier molecular flexibility index (Phi) is 3.62. The molecule has 3 aromatic rings. The van der Waals surface area contributed by atoms with Gasteiger partial charge in [-0.15, -0.1) is 0 Å². The van der Waals surface area contributed by atoms with Crippen LogP contribution in [-0.2, 0) is 6.61 Å². The first-order valence-corrected chi connectivity index (χ1v) is 7.01. The lowest BCUT2D eigenvalue weighted by Crippen LogP contribution is -2.03. The second-order valence-electron chi connectivity index (χ2n) is 4.43. The average molecular weight is 347 g/mol. The molecule has 0 spiro atoms. The monoisotopic (exact) mass is 346 g/mol. The van der Waals surface area contributed by atoms with Gasteiger partial charge in [0.05, 0.1) is 5.69 Å². The van der Waals surface area contributed by atoms with Crippen LogP contribution in [-0.4, -0.2) is 20.5 Å². The van der Waals surface area contributed by atoms with Crippen LogP contribution in [0.1, 0.15) is 16.1 Å². The molecule has 0 bridgehead atoms. The number of pyridine rings is 1. The molecule has 0 saturated heterocycles. The zero-order valence-electron chi connectivity index (χ0n) is 10.9. The molecule has 0 unspecified atom stereocenters. The molecule has 0 aliphatic carbocycles. The van der Waals surface area contributed by atoms with Crippen molar-refractivity contribution in [2.24, 2.45) is 0 Å². The second-order valence-corrected chi connectivity index (χ2v) is 5.35. The highest BCUT2D eigenvalue weighted by molar-refractivity contribution is 9.10. The molecule has 2 aromatic heterocycles. The Hall–Kier alpha value is -2.34. The van der Waals surface area contributed by atoms with E-state index in [1.807, 2.05) is 35.0 Å². The van der Waals surface area contributed by atoms with E-state index in [9.17, 15) is 9.90 Å². The predicted octanol–water partition coefficient (Wildman–Crippen LogP) is 3.37. The van der Waals surface area contributed by atoms with Crippen LogP contribution in [0.5, 0.6) is 5.75 Å². The summed E-state index contributed by atoms with van der Waals surface area (Å²) in [6, 6.07) is 10.6. The summed E-state index contributed by atoms with van der Waals surface area (Å²) in [6.45, 7) is 0.212. The summed E-state index contributed by atoms with van der Waals surface area (Å²) in [6.07, 6.45) is 3.75. The Morgan fingerprint density at radius 1 is 1.33 bits per heavy atom. The van der Waals surface area contributed by atoms with E-state index >= 15 is 0 Å². The summed E-state index contributed by atoms with van der Waals surface area (Å²) in [5.41, 5.74) is 1.68. The highest BCUT2D eigenvalue weighted by Gasteiger charge is 2.12. The van der Waals surface area contributed by atoms with Crippen LogP contribution in [0, 0.1) is 0 Å². The number of hydrogen-bond acceptors (Lipinski definition) is 3. The summed E-state index contributed by atoms with van der Waals surface area (Å²) in [5.74, 6) is -0.705. The number of halogens is 1. The fourth-order valence-corrected chi connectivity index (χ4v) is 2.36. The van der Waals surface area contributed by atoms with Gasteiger partial charge in [-0.05, 0) is 30.3 Å². The maximum atomic E-state index is 11.2. The van der Waals surface area contributed by atoms with Crippen molar-refractivity contribution in [1.82, 2.24) is 9.38 Å². The van der Waals surface area contributed by atoms with Crippen LogP contribution in [0.25, 0.3) is 5.65 Å². The summed E-state index contributed by atoms with van der Waals surface area (Å²) in [4.78, 5) is 15.6. The maximum absolute atomic E-state index is 11.2. The van der Waals surface area contributed by atoms with Crippen LogP contribution < -0.4 is 4.74 Å². The molecule has 0 fully saturated rings. The number of aromatic nitrogens is 2. The van der Waals surface area contributed by atoms with Gasteiger partial charge in [0.15, 0.2) is 0 Å². The predicted molar refractivity (Wildman–Crippen MR) is 80.6 cm³/mol. The topological polar surface area (TPSA) is 63.8 Å². The van der Waals surface area contributed by atoms with E-state index in [0.29, 0.717) is 10.2 Å². The Morgan fingerprint density at radius 2 is 2.19 bits per heavy atom. The lowest BCUT2D eigenvalue weighted by Gasteiger charge is -2.08.